The third-order valence-electron chi connectivity index (χ3n) is 2.33. The number of hydrogen-bond acceptors (Lipinski definition) is 4. The first-order chi connectivity index (χ1) is 8.22. The van der Waals surface area contributed by atoms with Gasteiger partial charge in [0.25, 0.3) is 5.56 Å². The zero-order chi connectivity index (χ0) is 12.3. The SMILES string of the molecule is N#Cc1c(O)ncn(Cc2ccccc2)c1=O. The lowest BCUT2D eigenvalue weighted by Gasteiger charge is -2.05. The van der Waals surface area contributed by atoms with Crippen LogP contribution in [0.5, 0.6) is 5.88 Å². The molecule has 1 N–H and O–H groups in total. The first-order valence-corrected chi connectivity index (χ1v) is 4.95. The van der Waals surface area contributed by atoms with Gasteiger partial charge in [0.2, 0.25) is 5.88 Å². The van der Waals surface area contributed by atoms with E-state index in [-0.39, 0.29) is 5.56 Å². The monoisotopic (exact) mass is 227 g/mol. The van der Waals surface area contributed by atoms with Crippen molar-refractivity contribution < 1.29 is 5.11 Å². The van der Waals surface area contributed by atoms with Crippen molar-refractivity contribution in [2.75, 3.05) is 0 Å². The molecule has 2 aromatic rings. The average Bonchev–Trinajstić information content (AvgIpc) is 2.35. The van der Waals surface area contributed by atoms with Gasteiger partial charge in [-0.1, -0.05) is 30.3 Å². The number of rotatable bonds is 2. The molecule has 2 rings (SSSR count). The molecule has 0 fully saturated rings. The smallest absolute Gasteiger partial charge is 0.275 e. The van der Waals surface area contributed by atoms with Crippen molar-refractivity contribution in [3.8, 4) is 11.9 Å². The molecular formula is C12H9N3O2. The molecule has 0 saturated heterocycles. The molecule has 0 saturated carbocycles. The van der Waals surface area contributed by atoms with Crippen LogP contribution in [0.2, 0.25) is 0 Å². The Kier molecular flexibility index (Phi) is 2.88. The van der Waals surface area contributed by atoms with E-state index in [4.69, 9.17) is 5.26 Å². The summed E-state index contributed by atoms with van der Waals surface area (Å²) in [5.41, 5.74) is 0.0539. The summed E-state index contributed by atoms with van der Waals surface area (Å²) in [6, 6.07) is 11.0. The molecular weight excluding hydrogens is 218 g/mol. The molecule has 5 heteroatoms. The Morgan fingerprint density at radius 1 is 1.35 bits per heavy atom. The zero-order valence-corrected chi connectivity index (χ0v) is 8.87. The summed E-state index contributed by atoms with van der Waals surface area (Å²) >= 11 is 0. The van der Waals surface area contributed by atoms with Gasteiger partial charge in [-0.15, -0.1) is 0 Å². The van der Waals surface area contributed by atoms with Crippen molar-refractivity contribution in [3.05, 3.63) is 58.1 Å². The molecule has 0 bridgehead atoms. The Balaban J connectivity index is 2.43. The molecule has 0 atom stereocenters. The van der Waals surface area contributed by atoms with Gasteiger partial charge in [0.15, 0.2) is 5.56 Å². The van der Waals surface area contributed by atoms with Crippen molar-refractivity contribution in [1.29, 1.82) is 5.26 Å². The normalized spacial score (nSPS) is 9.82. The average molecular weight is 227 g/mol. The molecule has 0 aliphatic rings. The number of hydrogen-bond donors (Lipinski definition) is 1. The molecule has 84 valence electrons. The third-order valence-corrected chi connectivity index (χ3v) is 2.33. The highest BCUT2D eigenvalue weighted by molar-refractivity contribution is 5.34. The summed E-state index contributed by atoms with van der Waals surface area (Å²) in [4.78, 5) is 15.4. The number of benzene rings is 1. The van der Waals surface area contributed by atoms with Crippen LogP contribution in [0.1, 0.15) is 11.1 Å². The van der Waals surface area contributed by atoms with Crippen LogP contribution in [0.15, 0.2) is 41.5 Å². The second kappa shape index (κ2) is 4.49. The fourth-order valence-corrected chi connectivity index (χ4v) is 1.47. The van der Waals surface area contributed by atoms with Gasteiger partial charge in [0.05, 0.1) is 6.54 Å². The minimum absolute atomic E-state index is 0.321. The molecule has 0 spiro atoms. The molecule has 0 unspecified atom stereocenters. The van der Waals surface area contributed by atoms with Crippen LogP contribution >= 0.6 is 0 Å². The molecule has 0 radical (unpaired) electrons. The van der Waals surface area contributed by atoms with E-state index >= 15 is 0 Å². The van der Waals surface area contributed by atoms with Gasteiger partial charge >= 0.3 is 0 Å². The van der Waals surface area contributed by atoms with E-state index < -0.39 is 11.4 Å². The maximum absolute atomic E-state index is 11.8. The van der Waals surface area contributed by atoms with Crippen LogP contribution in [0, 0.1) is 11.3 Å². The van der Waals surface area contributed by atoms with Gasteiger partial charge in [-0.2, -0.15) is 5.26 Å². The van der Waals surface area contributed by atoms with Crippen LogP contribution < -0.4 is 5.56 Å². The highest BCUT2D eigenvalue weighted by atomic mass is 16.3. The lowest BCUT2D eigenvalue weighted by Crippen LogP contribution is -2.23. The predicted molar refractivity (Wildman–Crippen MR) is 60.4 cm³/mol. The third kappa shape index (κ3) is 2.16. The predicted octanol–water partition coefficient (Wildman–Crippen LogP) is 0.869. The van der Waals surface area contributed by atoms with E-state index in [0.717, 1.165) is 5.56 Å². The van der Waals surface area contributed by atoms with Crippen LogP contribution in [0.4, 0.5) is 0 Å². The minimum Gasteiger partial charge on any atom is -0.492 e. The summed E-state index contributed by atoms with van der Waals surface area (Å²) < 4.78 is 1.29. The van der Waals surface area contributed by atoms with Gasteiger partial charge in [-0.25, -0.2) is 4.98 Å². The fraction of sp³-hybridized carbons (Fsp3) is 0.0833. The first-order valence-electron chi connectivity index (χ1n) is 4.95. The Bertz CT molecular complexity index is 626. The minimum atomic E-state index is -0.538. The zero-order valence-electron chi connectivity index (χ0n) is 8.87. The van der Waals surface area contributed by atoms with Crippen LogP contribution in [-0.4, -0.2) is 14.7 Å². The van der Waals surface area contributed by atoms with Crippen LogP contribution in [0.3, 0.4) is 0 Å². The quantitative estimate of drug-likeness (QED) is 0.825. The number of nitrogens with zero attached hydrogens (tertiary/aromatic N) is 3. The van der Waals surface area contributed by atoms with E-state index in [1.165, 1.54) is 10.9 Å². The summed E-state index contributed by atoms with van der Waals surface area (Å²) in [6.45, 7) is 0.321. The van der Waals surface area contributed by atoms with Crippen molar-refractivity contribution in [3.63, 3.8) is 0 Å². The highest BCUT2D eigenvalue weighted by Crippen LogP contribution is 2.06. The molecule has 0 aliphatic heterocycles. The number of nitriles is 1. The molecule has 0 amide bonds. The summed E-state index contributed by atoms with van der Waals surface area (Å²) in [5, 5.41) is 18.0. The van der Waals surface area contributed by atoms with Crippen molar-refractivity contribution in [1.82, 2.24) is 9.55 Å². The van der Waals surface area contributed by atoms with E-state index in [1.807, 2.05) is 30.3 Å². The summed E-state index contributed by atoms with van der Waals surface area (Å²) in [7, 11) is 0. The maximum atomic E-state index is 11.8. The molecule has 17 heavy (non-hydrogen) atoms. The van der Waals surface area contributed by atoms with E-state index in [2.05, 4.69) is 4.98 Å². The van der Waals surface area contributed by atoms with Gasteiger partial charge in [0.1, 0.15) is 12.4 Å². The van der Waals surface area contributed by atoms with Gasteiger partial charge in [-0.05, 0) is 5.56 Å². The highest BCUT2D eigenvalue weighted by Gasteiger charge is 2.09. The standard InChI is InChI=1S/C12H9N3O2/c13-6-10-11(16)14-8-15(12(10)17)7-9-4-2-1-3-5-9/h1-5,8,16H,7H2. The Morgan fingerprint density at radius 3 is 2.71 bits per heavy atom. The van der Waals surface area contributed by atoms with E-state index in [9.17, 15) is 9.90 Å². The van der Waals surface area contributed by atoms with Gasteiger partial charge < -0.3 is 5.11 Å². The second-order valence-electron chi connectivity index (χ2n) is 3.47. The number of aromatic nitrogens is 2. The molecule has 1 heterocycles. The van der Waals surface area contributed by atoms with Gasteiger partial charge in [-0.3, -0.25) is 9.36 Å². The Morgan fingerprint density at radius 2 is 2.06 bits per heavy atom. The lowest BCUT2D eigenvalue weighted by atomic mass is 10.2. The first kappa shape index (κ1) is 10.9. The second-order valence-corrected chi connectivity index (χ2v) is 3.47. The molecule has 1 aromatic carbocycles. The lowest BCUT2D eigenvalue weighted by molar-refractivity contribution is 0.444. The molecule has 5 nitrogen and oxygen atoms in total. The van der Waals surface area contributed by atoms with Crippen molar-refractivity contribution in [2.24, 2.45) is 0 Å². The Labute approximate surface area is 97.2 Å². The Hall–Kier alpha value is -2.61. The summed E-state index contributed by atoms with van der Waals surface area (Å²) in [5.74, 6) is -0.526. The molecule has 0 aliphatic carbocycles. The van der Waals surface area contributed by atoms with Crippen molar-refractivity contribution >= 4 is 0 Å². The number of aromatic hydroxyl groups is 1. The maximum Gasteiger partial charge on any atom is 0.275 e. The van der Waals surface area contributed by atoms with Crippen molar-refractivity contribution in [2.45, 2.75) is 6.54 Å². The summed E-state index contributed by atoms with van der Waals surface area (Å²) in [6.07, 6.45) is 1.23. The molecule has 1 aromatic heterocycles. The van der Waals surface area contributed by atoms with E-state index in [0.29, 0.717) is 6.54 Å². The largest absolute Gasteiger partial charge is 0.492 e. The van der Waals surface area contributed by atoms with Crippen LogP contribution in [-0.2, 0) is 6.54 Å². The van der Waals surface area contributed by atoms with E-state index in [1.54, 1.807) is 6.07 Å². The van der Waals surface area contributed by atoms with Crippen LogP contribution in [0.25, 0.3) is 0 Å². The van der Waals surface area contributed by atoms with Gasteiger partial charge in [0, 0.05) is 0 Å². The fourth-order valence-electron chi connectivity index (χ4n) is 1.47. The topological polar surface area (TPSA) is 78.9 Å².